The molecule has 11 heteroatoms. The maximum absolute atomic E-state index is 14.0. The van der Waals surface area contributed by atoms with Crippen molar-refractivity contribution in [1.29, 1.82) is 0 Å². The molecule has 3 aromatic rings. The average molecular weight is 504 g/mol. The molecule has 0 aliphatic carbocycles. The Hall–Kier alpha value is -2.92. The van der Waals surface area contributed by atoms with Gasteiger partial charge in [-0.2, -0.15) is 9.97 Å². The Morgan fingerprint density at radius 1 is 1.00 bits per heavy atom. The van der Waals surface area contributed by atoms with Crippen molar-refractivity contribution in [2.45, 2.75) is 25.7 Å². The fourth-order valence-corrected chi connectivity index (χ4v) is 4.94. The van der Waals surface area contributed by atoms with Crippen molar-refractivity contribution in [3.63, 3.8) is 0 Å². The molecule has 0 unspecified atom stereocenters. The summed E-state index contributed by atoms with van der Waals surface area (Å²) in [6.07, 6.45) is -0.149. The van der Waals surface area contributed by atoms with E-state index >= 15 is 0 Å². The Morgan fingerprint density at radius 3 is 2.50 bits per heavy atom. The van der Waals surface area contributed by atoms with Crippen LogP contribution in [0.1, 0.15) is 31.5 Å². The number of nitrogens with zero attached hydrogens (tertiary/aromatic N) is 6. The molecule has 0 saturated carbocycles. The van der Waals surface area contributed by atoms with Crippen LogP contribution in [0, 0.1) is 5.92 Å². The second-order valence-corrected chi connectivity index (χ2v) is 9.31. The van der Waals surface area contributed by atoms with Crippen LogP contribution in [0.3, 0.4) is 0 Å². The molecule has 5 rings (SSSR count). The van der Waals surface area contributed by atoms with E-state index in [2.05, 4.69) is 25.1 Å². The minimum Gasteiger partial charge on any atom is -0.378 e. The lowest BCUT2D eigenvalue weighted by Gasteiger charge is -2.32. The van der Waals surface area contributed by atoms with Gasteiger partial charge < -0.3 is 19.9 Å². The van der Waals surface area contributed by atoms with Gasteiger partial charge in [-0.05, 0) is 50.4 Å². The van der Waals surface area contributed by atoms with Gasteiger partial charge in [-0.3, -0.25) is 8.96 Å². The molecule has 2 saturated heterocycles. The number of imidazole rings is 1. The van der Waals surface area contributed by atoms with Crippen LogP contribution in [0.25, 0.3) is 16.9 Å². The summed E-state index contributed by atoms with van der Waals surface area (Å²) in [5.74, 6) is 1.54. The maximum atomic E-state index is 14.0. The summed E-state index contributed by atoms with van der Waals surface area (Å²) < 4.78 is 47.4. The van der Waals surface area contributed by atoms with Crippen molar-refractivity contribution in [3.8, 4) is 5.82 Å². The number of morpholine rings is 1. The van der Waals surface area contributed by atoms with E-state index in [0.29, 0.717) is 73.8 Å². The minimum absolute atomic E-state index is 0.278. The predicted octanol–water partition coefficient (Wildman–Crippen LogP) is 4.07. The number of aromatic nitrogens is 4. The van der Waals surface area contributed by atoms with Crippen LogP contribution < -0.4 is 10.2 Å². The van der Waals surface area contributed by atoms with Crippen molar-refractivity contribution in [2.24, 2.45) is 5.92 Å². The summed E-state index contributed by atoms with van der Waals surface area (Å²) in [6.45, 7) is 5.61. The standard InChI is InChI=1S/C25H32F3N7O/c26-8-3-9-33-10-6-18(7-11-33)17-29-25-31-21(34-12-14-36-15-13-34)16-22(32-25)35-20-5-2-1-4-19(20)30-24(35)23(27)28/h1-2,4-5,16,18,23H,3,6-15,17H2,(H,29,31,32). The van der Waals surface area contributed by atoms with Gasteiger partial charge >= 0.3 is 0 Å². The van der Waals surface area contributed by atoms with Gasteiger partial charge in [0.1, 0.15) is 11.6 Å². The van der Waals surface area contributed by atoms with Gasteiger partial charge in [0.15, 0.2) is 5.82 Å². The Morgan fingerprint density at radius 2 is 1.75 bits per heavy atom. The molecule has 0 bridgehead atoms. The minimum atomic E-state index is -2.75. The monoisotopic (exact) mass is 503 g/mol. The number of ether oxygens (including phenoxy) is 1. The number of halogens is 3. The van der Waals surface area contributed by atoms with Gasteiger partial charge in [0, 0.05) is 32.2 Å². The number of para-hydroxylation sites is 2. The Labute approximate surface area is 208 Å². The topological polar surface area (TPSA) is 71.3 Å². The van der Waals surface area contributed by atoms with Crippen LogP contribution in [-0.2, 0) is 4.74 Å². The molecule has 8 nitrogen and oxygen atoms in total. The van der Waals surface area contributed by atoms with E-state index in [-0.39, 0.29) is 12.5 Å². The highest BCUT2D eigenvalue weighted by Gasteiger charge is 2.24. The molecule has 2 fully saturated rings. The van der Waals surface area contributed by atoms with E-state index in [1.165, 1.54) is 4.57 Å². The van der Waals surface area contributed by atoms with Crippen molar-refractivity contribution >= 4 is 22.8 Å². The molecule has 36 heavy (non-hydrogen) atoms. The van der Waals surface area contributed by atoms with Gasteiger partial charge in [-0.15, -0.1) is 0 Å². The third-order valence-electron chi connectivity index (χ3n) is 6.91. The van der Waals surface area contributed by atoms with Crippen molar-refractivity contribution < 1.29 is 17.9 Å². The lowest BCUT2D eigenvalue weighted by atomic mass is 9.97. The molecule has 4 heterocycles. The highest BCUT2D eigenvalue weighted by atomic mass is 19.3. The first-order valence-electron chi connectivity index (χ1n) is 12.6. The third-order valence-corrected chi connectivity index (χ3v) is 6.91. The first kappa shape index (κ1) is 24.8. The number of nitrogens with one attached hydrogen (secondary N) is 1. The van der Waals surface area contributed by atoms with Crippen molar-refractivity contribution in [1.82, 2.24) is 24.4 Å². The van der Waals surface area contributed by atoms with Crippen LogP contribution >= 0.6 is 0 Å². The second-order valence-electron chi connectivity index (χ2n) is 9.31. The first-order valence-corrected chi connectivity index (χ1v) is 12.6. The number of rotatable bonds is 9. The van der Waals surface area contributed by atoms with Crippen LogP contribution in [0.15, 0.2) is 30.3 Å². The first-order chi connectivity index (χ1) is 17.6. The van der Waals surface area contributed by atoms with Crippen molar-refractivity contribution in [2.75, 3.05) is 69.4 Å². The number of hydrogen-bond acceptors (Lipinski definition) is 7. The fraction of sp³-hybridized carbons (Fsp3) is 0.560. The zero-order valence-electron chi connectivity index (χ0n) is 20.3. The SMILES string of the molecule is FCCCN1CCC(CNc2nc(N3CCOCC3)cc(-n3c(C(F)F)nc4ccccc43)n2)CC1. The van der Waals surface area contributed by atoms with E-state index in [4.69, 9.17) is 9.72 Å². The Bertz CT molecular complexity index is 1140. The normalized spacial score (nSPS) is 17.8. The van der Waals surface area contributed by atoms with Gasteiger partial charge in [0.25, 0.3) is 6.43 Å². The zero-order chi connectivity index (χ0) is 24.9. The van der Waals surface area contributed by atoms with E-state index in [9.17, 15) is 13.2 Å². The van der Waals surface area contributed by atoms with Gasteiger partial charge in [0.05, 0.1) is 30.9 Å². The zero-order valence-corrected chi connectivity index (χ0v) is 20.3. The number of benzene rings is 1. The maximum Gasteiger partial charge on any atom is 0.296 e. The van der Waals surface area contributed by atoms with Gasteiger partial charge in [0.2, 0.25) is 5.95 Å². The summed E-state index contributed by atoms with van der Waals surface area (Å²) in [4.78, 5) is 18.0. The summed E-state index contributed by atoms with van der Waals surface area (Å²) in [5.41, 5.74) is 1.07. The summed E-state index contributed by atoms with van der Waals surface area (Å²) in [6, 6.07) is 8.83. The predicted molar refractivity (Wildman–Crippen MR) is 133 cm³/mol. The molecular weight excluding hydrogens is 471 g/mol. The number of alkyl halides is 3. The van der Waals surface area contributed by atoms with Crippen LogP contribution in [0.5, 0.6) is 0 Å². The lowest BCUT2D eigenvalue weighted by molar-refractivity contribution is 0.122. The number of likely N-dealkylation sites (tertiary alicyclic amines) is 1. The average Bonchev–Trinajstić information content (AvgIpc) is 3.32. The Balaban J connectivity index is 1.41. The molecule has 0 atom stereocenters. The smallest absolute Gasteiger partial charge is 0.296 e. The molecule has 1 N–H and O–H groups in total. The van der Waals surface area contributed by atoms with E-state index in [1.807, 2.05) is 0 Å². The van der Waals surface area contributed by atoms with Crippen LogP contribution in [-0.4, -0.2) is 83.6 Å². The van der Waals surface area contributed by atoms with Crippen molar-refractivity contribution in [3.05, 3.63) is 36.2 Å². The van der Waals surface area contributed by atoms with E-state index < -0.39 is 6.43 Å². The molecule has 0 spiro atoms. The molecule has 194 valence electrons. The molecule has 0 amide bonds. The summed E-state index contributed by atoms with van der Waals surface area (Å²) in [7, 11) is 0. The largest absolute Gasteiger partial charge is 0.378 e. The molecule has 2 aromatic heterocycles. The number of anilines is 2. The molecular formula is C25H32F3N7O. The van der Waals surface area contributed by atoms with Crippen LogP contribution in [0.4, 0.5) is 24.9 Å². The third kappa shape index (κ3) is 5.57. The quantitative estimate of drug-likeness (QED) is 0.472. The molecule has 2 aliphatic heterocycles. The number of fused-ring (bicyclic) bond motifs is 1. The van der Waals surface area contributed by atoms with E-state index in [1.54, 1.807) is 30.3 Å². The number of piperidine rings is 1. The fourth-order valence-electron chi connectivity index (χ4n) is 4.94. The molecule has 1 aromatic carbocycles. The van der Waals surface area contributed by atoms with E-state index in [0.717, 1.165) is 32.5 Å². The van der Waals surface area contributed by atoms with Crippen LogP contribution in [0.2, 0.25) is 0 Å². The summed E-state index contributed by atoms with van der Waals surface area (Å²) in [5, 5.41) is 3.37. The second kappa shape index (κ2) is 11.4. The molecule has 0 radical (unpaired) electrons. The highest BCUT2D eigenvalue weighted by Crippen LogP contribution is 2.29. The van der Waals surface area contributed by atoms with Gasteiger partial charge in [-0.25, -0.2) is 13.8 Å². The highest BCUT2D eigenvalue weighted by molar-refractivity contribution is 5.78. The Kier molecular flexibility index (Phi) is 7.86. The van der Waals surface area contributed by atoms with Gasteiger partial charge in [-0.1, -0.05) is 12.1 Å². The molecule has 2 aliphatic rings. The number of hydrogen-bond donors (Lipinski definition) is 1. The summed E-state index contributed by atoms with van der Waals surface area (Å²) >= 11 is 0. The lowest BCUT2D eigenvalue weighted by Crippen LogP contribution is -2.37.